The SMILES string of the molecule is Cc1cccc(CCN(CCC(N)=O)CCN(CCc2ccc(O)c3[nH]c(=O)sc23)CC(C)(C)C)c1.O=C(O)C(F)(F)F.O=C(O)C(F)(F)F. The molecule has 2 aromatic carbocycles. The third-order valence-electron chi connectivity index (χ3n) is 6.73. The molecule has 0 saturated carbocycles. The summed E-state index contributed by atoms with van der Waals surface area (Å²) in [5.74, 6) is -5.68. The highest BCUT2D eigenvalue weighted by Gasteiger charge is 2.38. The first kappa shape index (κ1) is 43.9. The molecule has 0 atom stereocenters. The van der Waals surface area contributed by atoms with Crippen LogP contribution in [0.4, 0.5) is 26.3 Å². The molecule has 0 aliphatic heterocycles. The van der Waals surface area contributed by atoms with Crippen molar-refractivity contribution >= 4 is 39.4 Å². The monoisotopic (exact) mass is 740 g/mol. The van der Waals surface area contributed by atoms with E-state index in [1.165, 1.54) is 11.1 Å². The molecule has 0 fully saturated rings. The first-order chi connectivity index (χ1) is 22.9. The van der Waals surface area contributed by atoms with Gasteiger partial charge < -0.3 is 35.8 Å². The molecule has 0 saturated heterocycles. The Labute approximate surface area is 288 Å². The van der Waals surface area contributed by atoms with Crippen molar-refractivity contribution in [1.82, 2.24) is 14.8 Å². The first-order valence-corrected chi connectivity index (χ1v) is 15.9. The number of aryl methyl sites for hydroxylation is 1. The van der Waals surface area contributed by atoms with Gasteiger partial charge in [-0.25, -0.2) is 9.59 Å². The van der Waals surface area contributed by atoms with Crippen LogP contribution >= 0.6 is 11.3 Å². The molecule has 1 aromatic heterocycles. The van der Waals surface area contributed by atoms with E-state index in [0.717, 1.165) is 67.2 Å². The number of phenolic OH excluding ortho intramolecular Hbond substituents is 1. The van der Waals surface area contributed by atoms with Crippen LogP contribution in [0.1, 0.15) is 43.9 Å². The quantitative estimate of drug-likeness (QED) is 0.148. The number of aromatic hydroxyl groups is 1. The summed E-state index contributed by atoms with van der Waals surface area (Å²) in [6, 6.07) is 12.1. The van der Waals surface area contributed by atoms with E-state index in [2.05, 4.69) is 66.7 Å². The molecule has 280 valence electrons. The van der Waals surface area contributed by atoms with Crippen molar-refractivity contribution in [3.05, 3.63) is 62.8 Å². The number of amides is 1. The van der Waals surface area contributed by atoms with Crippen LogP contribution in [-0.2, 0) is 27.2 Å². The standard InChI is InChI=1S/C28H40N4O3S.2C2HF3O2/c1-20-6-5-7-21(18-20)10-13-31(15-12-24(29)34)16-17-32(19-28(2,3)4)14-11-22-8-9-23(33)25-26(22)36-27(35)30-25;2*3-2(4,5)1(6)7/h5-9,18,33H,10-17,19H2,1-4H3,(H2,29,34)(H,30,35);2*(H,6,7). The molecule has 3 aromatic rings. The number of aliphatic carboxylic acids is 2. The van der Waals surface area contributed by atoms with E-state index in [-0.39, 0.29) is 21.9 Å². The number of phenols is 1. The number of hydrogen-bond acceptors (Lipinski definition) is 8. The smallest absolute Gasteiger partial charge is 0.490 e. The molecular weight excluding hydrogens is 698 g/mol. The lowest BCUT2D eigenvalue weighted by Gasteiger charge is -2.32. The number of hydrogen-bond donors (Lipinski definition) is 5. The van der Waals surface area contributed by atoms with E-state index in [1.807, 2.05) is 6.07 Å². The number of carboxylic acids is 2. The van der Waals surface area contributed by atoms with Gasteiger partial charge in [-0.3, -0.25) is 9.59 Å². The van der Waals surface area contributed by atoms with Gasteiger partial charge in [0, 0.05) is 45.7 Å². The number of halogens is 6. The summed E-state index contributed by atoms with van der Waals surface area (Å²) < 4.78 is 64.3. The number of carbonyl (C=O) groups excluding carboxylic acids is 1. The third-order valence-corrected chi connectivity index (χ3v) is 7.68. The topological polar surface area (TPSA) is 177 Å². The number of primary amides is 1. The Morgan fingerprint density at radius 2 is 1.38 bits per heavy atom. The number of fused-ring (bicyclic) bond motifs is 1. The van der Waals surface area contributed by atoms with Crippen LogP contribution in [-0.4, -0.2) is 99.6 Å². The minimum atomic E-state index is -5.08. The fourth-order valence-corrected chi connectivity index (χ4v) is 5.43. The molecule has 50 heavy (non-hydrogen) atoms. The normalized spacial score (nSPS) is 11.9. The molecule has 0 aliphatic rings. The molecule has 0 unspecified atom stereocenters. The van der Waals surface area contributed by atoms with Gasteiger partial charge in [-0.2, -0.15) is 26.3 Å². The summed E-state index contributed by atoms with van der Waals surface area (Å²) in [6.45, 7) is 13.8. The van der Waals surface area contributed by atoms with E-state index >= 15 is 0 Å². The Morgan fingerprint density at radius 3 is 1.88 bits per heavy atom. The molecule has 1 heterocycles. The van der Waals surface area contributed by atoms with Crippen LogP contribution in [0.15, 0.2) is 41.2 Å². The predicted molar refractivity (Wildman–Crippen MR) is 176 cm³/mol. The van der Waals surface area contributed by atoms with Gasteiger partial charge in [-0.05, 0) is 42.4 Å². The van der Waals surface area contributed by atoms with E-state index in [0.29, 0.717) is 18.5 Å². The van der Waals surface area contributed by atoms with Crippen molar-refractivity contribution in [2.75, 3.05) is 39.3 Å². The van der Waals surface area contributed by atoms with Crippen LogP contribution in [0.25, 0.3) is 10.2 Å². The zero-order valence-electron chi connectivity index (χ0n) is 28.0. The average molecular weight is 741 g/mol. The van der Waals surface area contributed by atoms with Gasteiger partial charge in [0.1, 0.15) is 11.3 Å². The molecule has 0 bridgehead atoms. The molecule has 6 N–H and O–H groups in total. The Balaban J connectivity index is 0.000000748. The lowest BCUT2D eigenvalue weighted by molar-refractivity contribution is -0.193. The number of benzene rings is 2. The fourth-order valence-electron chi connectivity index (χ4n) is 4.53. The number of H-pyrrole nitrogens is 1. The number of aromatic nitrogens is 1. The van der Waals surface area contributed by atoms with Crippen LogP contribution in [0, 0.1) is 12.3 Å². The number of nitrogens with zero attached hydrogens (tertiary/aromatic N) is 2. The molecule has 11 nitrogen and oxygen atoms in total. The molecule has 1 amide bonds. The summed E-state index contributed by atoms with van der Waals surface area (Å²) in [6.07, 6.45) is -8.10. The lowest BCUT2D eigenvalue weighted by Crippen LogP contribution is -2.41. The minimum absolute atomic E-state index is 0.109. The number of carbonyl (C=O) groups is 3. The highest BCUT2D eigenvalue weighted by molar-refractivity contribution is 7.16. The molecule has 18 heteroatoms. The zero-order valence-corrected chi connectivity index (χ0v) is 28.8. The number of carboxylic acid groups (broad SMARTS) is 2. The summed E-state index contributed by atoms with van der Waals surface area (Å²) in [4.78, 5) is 48.5. The van der Waals surface area contributed by atoms with Gasteiger partial charge in [0.25, 0.3) is 0 Å². The zero-order chi connectivity index (χ0) is 38.4. The maximum absolute atomic E-state index is 11.9. The summed E-state index contributed by atoms with van der Waals surface area (Å²) in [5.41, 5.74) is 9.73. The number of thiazole rings is 1. The van der Waals surface area contributed by atoms with Gasteiger partial charge >= 0.3 is 29.2 Å². The van der Waals surface area contributed by atoms with Crippen LogP contribution < -0.4 is 10.6 Å². The number of alkyl halides is 6. The molecule has 0 aliphatic carbocycles. The van der Waals surface area contributed by atoms with Crippen molar-refractivity contribution in [2.24, 2.45) is 11.1 Å². The van der Waals surface area contributed by atoms with Crippen molar-refractivity contribution in [3.63, 3.8) is 0 Å². The highest BCUT2D eigenvalue weighted by atomic mass is 32.1. The van der Waals surface area contributed by atoms with Gasteiger partial charge in [0.15, 0.2) is 0 Å². The van der Waals surface area contributed by atoms with Gasteiger partial charge in [-0.15, -0.1) is 0 Å². The largest absolute Gasteiger partial charge is 0.506 e. The number of aromatic amines is 1. The molecular formula is C32H42F6N4O7S. The Hall–Kier alpha value is -4.16. The van der Waals surface area contributed by atoms with Crippen molar-refractivity contribution < 1.29 is 56.0 Å². The number of rotatable bonds is 13. The fraction of sp³-hybridized carbons (Fsp3) is 0.500. The second-order valence-electron chi connectivity index (χ2n) is 12.5. The maximum atomic E-state index is 11.9. The Morgan fingerprint density at radius 1 is 0.840 bits per heavy atom. The highest BCUT2D eigenvalue weighted by Crippen LogP contribution is 2.28. The predicted octanol–water partition coefficient (Wildman–Crippen LogP) is 5.18. The van der Waals surface area contributed by atoms with E-state index in [4.69, 9.17) is 25.5 Å². The minimum Gasteiger partial charge on any atom is -0.506 e. The van der Waals surface area contributed by atoms with E-state index in [1.54, 1.807) is 6.07 Å². The summed E-state index contributed by atoms with van der Waals surface area (Å²) >= 11 is 1.15. The maximum Gasteiger partial charge on any atom is 0.490 e. The summed E-state index contributed by atoms with van der Waals surface area (Å²) in [7, 11) is 0. The van der Waals surface area contributed by atoms with Crippen LogP contribution in [0.2, 0.25) is 0 Å². The van der Waals surface area contributed by atoms with Crippen molar-refractivity contribution in [2.45, 2.75) is 59.3 Å². The van der Waals surface area contributed by atoms with Crippen LogP contribution in [0.5, 0.6) is 5.75 Å². The second-order valence-corrected chi connectivity index (χ2v) is 13.4. The second kappa shape index (κ2) is 19.3. The third kappa shape index (κ3) is 17.5. The van der Waals surface area contributed by atoms with Gasteiger partial charge in [0.2, 0.25) is 5.91 Å². The molecule has 0 radical (unpaired) electrons. The lowest BCUT2D eigenvalue weighted by atomic mass is 9.95. The number of nitrogens with two attached hydrogens (primary N) is 1. The van der Waals surface area contributed by atoms with Crippen molar-refractivity contribution in [3.8, 4) is 5.75 Å². The van der Waals surface area contributed by atoms with E-state index in [9.17, 15) is 41.0 Å². The van der Waals surface area contributed by atoms with Gasteiger partial charge in [0.05, 0.1) is 4.70 Å². The molecule has 3 rings (SSSR count). The van der Waals surface area contributed by atoms with E-state index < -0.39 is 24.3 Å². The number of nitrogens with one attached hydrogen (secondary N) is 1. The molecule has 0 spiro atoms. The average Bonchev–Trinajstić information content (AvgIpc) is 3.37. The van der Waals surface area contributed by atoms with Crippen LogP contribution in [0.3, 0.4) is 0 Å². The Kier molecular flexibility index (Phi) is 16.9. The Bertz CT molecular complexity index is 1590. The first-order valence-electron chi connectivity index (χ1n) is 15.1. The van der Waals surface area contributed by atoms with Crippen molar-refractivity contribution in [1.29, 1.82) is 0 Å². The van der Waals surface area contributed by atoms with Gasteiger partial charge in [-0.1, -0.05) is 68.0 Å². The summed E-state index contributed by atoms with van der Waals surface area (Å²) in [5, 5.41) is 24.4.